The van der Waals surface area contributed by atoms with Crippen molar-refractivity contribution in [2.45, 2.75) is 19.8 Å². The molecule has 0 heterocycles. The van der Waals surface area contributed by atoms with Crippen molar-refractivity contribution in [2.75, 3.05) is 0 Å². The van der Waals surface area contributed by atoms with Crippen LogP contribution in [-0.4, -0.2) is 6.29 Å². The van der Waals surface area contributed by atoms with Crippen LogP contribution < -0.4 is 0 Å². The van der Waals surface area contributed by atoms with Crippen LogP contribution in [0.1, 0.15) is 19.8 Å². The Kier molecular flexibility index (Phi) is 3.35. The minimum Gasteiger partial charge on any atom is -0.303 e. The smallest absolute Gasteiger partial charge is 0.126 e. The number of carbonyl (C=O) groups excluding carboxylic acids is 1. The molecule has 1 heteroatoms. The molecule has 1 aliphatic rings. The maximum atomic E-state index is 10.5. The Balaban J connectivity index is 2.72. The van der Waals surface area contributed by atoms with Gasteiger partial charge in [-0.2, -0.15) is 0 Å². The second kappa shape index (κ2) is 4.56. The molecule has 0 radical (unpaired) electrons. The lowest BCUT2D eigenvalue weighted by Crippen LogP contribution is -2.00. The van der Waals surface area contributed by atoms with Crippen LogP contribution in [0.5, 0.6) is 0 Å². The van der Waals surface area contributed by atoms with E-state index in [1.165, 1.54) is 0 Å². The van der Waals surface area contributed by atoms with Crippen molar-refractivity contribution < 1.29 is 4.79 Å². The summed E-state index contributed by atoms with van der Waals surface area (Å²) in [6.45, 7) is 1.91. The molecule has 1 atom stereocenters. The summed E-state index contributed by atoms with van der Waals surface area (Å²) >= 11 is 0. The van der Waals surface area contributed by atoms with E-state index in [4.69, 9.17) is 0 Å². The molecule has 62 valence electrons. The highest BCUT2D eigenvalue weighted by molar-refractivity contribution is 5.58. The highest BCUT2D eigenvalue weighted by Gasteiger charge is 2.05. The van der Waals surface area contributed by atoms with Crippen LogP contribution in [0.15, 0.2) is 23.8 Å². The van der Waals surface area contributed by atoms with Crippen molar-refractivity contribution in [1.82, 2.24) is 0 Å². The van der Waals surface area contributed by atoms with Crippen LogP contribution in [0, 0.1) is 17.8 Å². The molecular formula is C11H12O. The number of allylic oxidation sites excluding steroid dienone is 4. The molecule has 1 unspecified atom stereocenters. The Bertz CT molecular complexity index is 273. The van der Waals surface area contributed by atoms with E-state index in [1.807, 2.05) is 19.1 Å². The van der Waals surface area contributed by atoms with Gasteiger partial charge in [-0.25, -0.2) is 0 Å². The van der Waals surface area contributed by atoms with Crippen LogP contribution >= 0.6 is 0 Å². The molecule has 0 aliphatic heterocycles. The monoisotopic (exact) mass is 160 g/mol. The SMILES string of the molecule is CC(C=O)/C1=C/C/C=C\C#CC1. The molecule has 0 bridgehead atoms. The quantitative estimate of drug-likeness (QED) is 0.343. The number of aldehydes is 1. The van der Waals surface area contributed by atoms with Crippen molar-refractivity contribution in [3.05, 3.63) is 23.8 Å². The first-order valence-electron chi connectivity index (χ1n) is 4.12. The van der Waals surface area contributed by atoms with Crippen molar-refractivity contribution in [3.63, 3.8) is 0 Å². The van der Waals surface area contributed by atoms with Gasteiger partial charge in [0.05, 0.1) is 0 Å². The Labute approximate surface area is 73.2 Å². The van der Waals surface area contributed by atoms with Gasteiger partial charge >= 0.3 is 0 Å². The summed E-state index contributed by atoms with van der Waals surface area (Å²) in [6.07, 6.45) is 8.54. The zero-order valence-corrected chi connectivity index (χ0v) is 7.21. The molecule has 1 rings (SSSR count). The number of rotatable bonds is 2. The van der Waals surface area contributed by atoms with Crippen LogP contribution in [-0.2, 0) is 4.79 Å². The third-order valence-electron chi connectivity index (χ3n) is 1.90. The maximum Gasteiger partial charge on any atom is 0.126 e. The zero-order valence-electron chi connectivity index (χ0n) is 7.21. The molecular weight excluding hydrogens is 148 g/mol. The molecule has 0 aromatic heterocycles. The van der Waals surface area contributed by atoms with Gasteiger partial charge in [0, 0.05) is 12.3 Å². The zero-order chi connectivity index (χ0) is 8.81. The number of carbonyl (C=O) groups is 1. The van der Waals surface area contributed by atoms with E-state index in [0.717, 1.165) is 24.7 Å². The first-order valence-corrected chi connectivity index (χ1v) is 4.12. The fraction of sp³-hybridized carbons (Fsp3) is 0.364. The summed E-state index contributed by atoms with van der Waals surface area (Å²) in [6, 6.07) is 0. The lowest BCUT2D eigenvalue weighted by atomic mass is 9.98. The van der Waals surface area contributed by atoms with Crippen molar-refractivity contribution in [3.8, 4) is 11.8 Å². The summed E-state index contributed by atoms with van der Waals surface area (Å²) in [7, 11) is 0. The minimum absolute atomic E-state index is 0.0193. The molecule has 0 saturated heterocycles. The molecule has 0 aromatic carbocycles. The molecule has 0 N–H and O–H groups in total. The normalized spacial score (nSPS) is 24.9. The highest BCUT2D eigenvalue weighted by Crippen LogP contribution is 2.13. The molecule has 0 fully saturated rings. The van der Waals surface area contributed by atoms with Crippen LogP contribution in [0.25, 0.3) is 0 Å². The van der Waals surface area contributed by atoms with Gasteiger partial charge in [-0.1, -0.05) is 36.5 Å². The predicted octanol–water partition coefficient (Wildman–Crippen LogP) is 2.10. The summed E-state index contributed by atoms with van der Waals surface area (Å²) in [5.74, 6) is 5.92. The van der Waals surface area contributed by atoms with Gasteiger partial charge < -0.3 is 4.79 Å². The molecule has 12 heavy (non-hydrogen) atoms. The molecule has 1 nitrogen and oxygen atoms in total. The van der Waals surface area contributed by atoms with Crippen LogP contribution in [0.4, 0.5) is 0 Å². The number of hydrogen-bond acceptors (Lipinski definition) is 1. The summed E-state index contributed by atoms with van der Waals surface area (Å²) in [5, 5.41) is 0. The van der Waals surface area contributed by atoms with Gasteiger partial charge in [0.15, 0.2) is 0 Å². The van der Waals surface area contributed by atoms with Gasteiger partial charge in [-0.3, -0.25) is 0 Å². The van der Waals surface area contributed by atoms with Gasteiger partial charge in [0.2, 0.25) is 0 Å². The van der Waals surface area contributed by atoms with Gasteiger partial charge in [-0.15, -0.1) is 0 Å². The van der Waals surface area contributed by atoms with E-state index >= 15 is 0 Å². The second-order valence-electron chi connectivity index (χ2n) is 2.84. The fourth-order valence-electron chi connectivity index (χ4n) is 1.06. The molecule has 0 amide bonds. The third kappa shape index (κ3) is 2.39. The molecule has 0 aromatic rings. The van der Waals surface area contributed by atoms with E-state index in [1.54, 1.807) is 0 Å². The van der Waals surface area contributed by atoms with Gasteiger partial charge in [0.1, 0.15) is 6.29 Å². The van der Waals surface area contributed by atoms with E-state index in [0.29, 0.717) is 0 Å². The predicted molar refractivity (Wildman–Crippen MR) is 49.5 cm³/mol. The van der Waals surface area contributed by atoms with Crippen LogP contribution in [0.2, 0.25) is 0 Å². The van der Waals surface area contributed by atoms with Crippen molar-refractivity contribution in [2.24, 2.45) is 5.92 Å². The first kappa shape index (κ1) is 8.80. The Morgan fingerprint density at radius 1 is 1.67 bits per heavy atom. The molecule has 1 aliphatic carbocycles. The largest absolute Gasteiger partial charge is 0.303 e. The average molecular weight is 160 g/mol. The van der Waals surface area contributed by atoms with E-state index in [-0.39, 0.29) is 5.92 Å². The Morgan fingerprint density at radius 2 is 2.50 bits per heavy atom. The van der Waals surface area contributed by atoms with E-state index < -0.39 is 0 Å². The summed E-state index contributed by atoms with van der Waals surface area (Å²) < 4.78 is 0. The maximum absolute atomic E-state index is 10.5. The van der Waals surface area contributed by atoms with E-state index in [2.05, 4.69) is 17.9 Å². The highest BCUT2D eigenvalue weighted by atomic mass is 16.1. The average Bonchev–Trinajstić information content (AvgIpc) is 2.02. The van der Waals surface area contributed by atoms with E-state index in [9.17, 15) is 4.79 Å². The standard InChI is InChI=1S/C11H12O/c1-10(9-12)11-7-5-3-2-4-6-8-11/h2-3,7,9-10H,5,8H2,1H3/b3-2-,11-7+. The third-order valence-corrected chi connectivity index (χ3v) is 1.90. The summed E-state index contributed by atoms with van der Waals surface area (Å²) in [4.78, 5) is 10.5. The van der Waals surface area contributed by atoms with Gasteiger partial charge in [0.25, 0.3) is 0 Å². The minimum atomic E-state index is 0.0193. The summed E-state index contributed by atoms with van der Waals surface area (Å²) in [5.41, 5.74) is 1.14. The van der Waals surface area contributed by atoms with Crippen molar-refractivity contribution in [1.29, 1.82) is 0 Å². The van der Waals surface area contributed by atoms with Gasteiger partial charge in [-0.05, 0) is 12.5 Å². The molecule has 0 spiro atoms. The lowest BCUT2D eigenvalue weighted by molar-refractivity contribution is -0.109. The second-order valence-corrected chi connectivity index (χ2v) is 2.84. The van der Waals surface area contributed by atoms with Crippen LogP contribution in [0.3, 0.4) is 0 Å². The lowest BCUT2D eigenvalue weighted by Gasteiger charge is -2.06. The first-order chi connectivity index (χ1) is 5.84. The molecule has 0 saturated carbocycles. The topological polar surface area (TPSA) is 17.1 Å². The Morgan fingerprint density at radius 3 is 3.25 bits per heavy atom. The Hall–Kier alpha value is -1.29. The van der Waals surface area contributed by atoms with Crippen molar-refractivity contribution >= 4 is 6.29 Å². The number of hydrogen-bond donors (Lipinski definition) is 0. The fourth-order valence-corrected chi connectivity index (χ4v) is 1.06.